The van der Waals surface area contributed by atoms with E-state index in [4.69, 9.17) is 9.47 Å². The first-order valence-corrected chi connectivity index (χ1v) is 5.07. The smallest absolute Gasteiger partial charge is 0.216 e. The van der Waals surface area contributed by atoms with Gasteiger partial charge in [-0.2, -0.15) is 0 Å². The van der Waals surface area contributed by atoms with Gasteiger partial charge in [-0.25, -0.2) is 9.97 Å². The minimum absolute atomic E-state index is 0.554. The van der Waals surface area contributed by atoms with Gasteiger partial charge in [-0.3, -0.25) is 0 Å². The molecule has 3 rings (SSSR count). The molecule has 0 aliphatic carbocycles. The highest BCUT2D eigenvalue weighted by atomic mass is 16.5. The van der Waals surface area contributed by atoms with Gasteiger partial charge >= 0.3 is 0 Å². The van der Waals surface area contributed by atoms with Crippen molar-refractivity contribution in [1.29, 1.82) is 0 Å². The number of hydrogen-bond acceptors (Lipinski definition) is 4. The van der Waals surface area contributed by atoms with Crippen LogP contribution in [0.15, 0.2) is 24.7 Å². The fourth-order valence-electron chi connectivity index (χ4n) is 1.81. The maximum Gasteiger partial charge on any atom is 0.216 e. The molecule has 0 spiro atoms. The SMILES string of the molecule is COc1cc2c(cn1)-c1nccn1CCO2. The molecule has 0 atom stereocenters. The summed E-state index contributed by atoms with van der Waals surface area (Å²) >= 11 is 0. The number of hydrogen-bond donors (Lipinski definition) is 0. The second-order valence-corrected chi connectivity index (χ2v) is 3.52. The molecule has 0 aromatic carbocycles. The number of ether oxygens (including phenoxy) is 2. The summed E-state index contributed by atoms with van der Waals surface area (Å²) < 4.78 is 12.8. The molecule has 1 aliphatic rings. The zero-order valence-electron chi connectivity index (χ0n) is 8.88. The van der Waals surface area contributed by atoms with E-state index in [1.165, 1.54) is 0 Å². The summed E-state index contributed by atoms with van der Waals surface area (Å²) in [5.41, 5.74) is 0.906. The van der Waals surface area contributed by atoms with E-state index in [0.29, 0.717) is 12.5 Å². The first kappa shape index (κ1) is 9.21. The molecule has 0 fully saturated rings. The molecule has 0 N–H and O–H groups in total. The van der Waals surface area contributed by atoms with Gasteiger partial charge in [0.2, 0.25) is 5.88 Å². The van der Waals surface area contributed by atoms with Crippen LogP contribution in [0.5, 0.6) is 11.6 Å². The minimum atomic E-state index is 0.554. The Morgan fingerprint density at radius 3 is 3.25 bits per heavy atom. The lowest BCUT2D eigenvalue weighted by Gasteiger charge is -2.06. The molecule has 0 bridgehead atoms. The van der Waals surface area contributed by atoms with Gasteiger partial charge < -0.3 is 14.0 Å². The number of nitrogens with zero attached hydrogens (tertiary/aromatic N) is 3. The van der Waals surface area contributed by atoms with Crippen LogP contribution in [0.4, 0.5) is 0 Å². The molecule has 3 heterocycles. The molecule has 2 aromatic rings. The van der Waals surface area contributed by atoms with Gasteiger partial charge in [0.15, 0.2) is 0 Å². The van der Waals surface area contributed by atoms with E-state index in [-0.39, 0.29) is 0 Å². The minimum Gasteiger partial charge on any atom is -0.491 e. The van der Waals surface area contributed by atoms with E-state index in [0.717, 1.165) is 23.7 Å². The van der Waals surface area contributed by atoms with Crippen molar-refractivity contribution >= 4 is 0 Å². The van der Waals surface area contributed by atoms with Crippen LogP contribution < -0.4 is 9.47 Å². The topological polar surface area (TPSA) is 49.2 Å². The van der Waals surface area contributed by atoms with Crippen molar-refractivity contribution in [2.24, 2.45) is 0 Å². The van der Waals surface area contributed by atoms with Gasteiger partial charge in [-0.1, -0.05) is 0 Å². The second-order valence-electron chi connectivity index (χ2n) is 3.52. The van der Waals surface area contributed by atoms with Crippen LogP contribution >= 0.6 is 0 Å². The number of pyridine rings is 1. The van der Waals surface area contributed by atoms with Crippen LogP contribution in [0.2, 0.25) is 0 Å². The van der Waals surface area contributed by atoms with E-state index in [9.17, 15) is 0 Å². The van der Waals surface area contributed by atoms with Crippen molar-refractivity contribution in [2.45, 2.75) is 6.54 Å². The maximum atomic E-state index is 5.65. The Kier molecular flexibility index (Phi) is 2.02. The summed E-state index contributed by atoms with van der Waals surface area (Å²) in [5.74, 6) is 2.22. The van der Waals surface area contributed by atoms with Crippen LogP contribution in [0.1, 0.15) is 0 Å². The van der Waals surface area contributed by atoms with Gasteiger partial charge in [-0.15, -0.1) is 0 Å². The molecule has 5 heteroatoms. The summed E-state index contributed by atoms with van der Waals surface area (Å²) in [4.78, 5) is 8.49. The average Bonchev–Trinajstić information content (AvgIpc) is 2.71. The summed E-state index contributed by atoms with van der Waals surface area (Å²) in [6.07, 6.45) is 5.46. The fourth-order valence-corrected chi connectivity index (χ4v) is 1.81. The van der Waals surface area contributed by atoms with E-state index in [1.54, 1.807) is 25.6 Å². The quantitative estimate of drug-likeness (QED) is 0.723. The van der Waals surface area contributed by atoms with Crippen molar-refractivity contribution in [3.63, 3.8) is 0 Å². The standard InChI is InChI=1S/C11H11N3O2/c1-15-10-6-9-8(7-13-10)11-12-2-3-14(11)4-5-16-9/h2-3,6-7H,4-5H2,1H3. The van der Waals surface area contributed by atoms with E-state index >= 15 is 0 Å². The van der Waals surface area contributed by atoms with Gasteiger partial charge in [0.1, 0.15) is 18.2 Å². The third kappa shape index (κ3) is 1.32. The Hall–Kier alpha value is -2.04. The molecule has 0 saturated carbocycles. The Balaban J connectivity index is 2.18. The maximum absolute atomic E-state index is 5.65. The van der Waals surface area contributed by atoms with Gasteiger partial charge in [-0.05, 0) is 0 Å². The number of imidazole rings is 1. The normalized spacial score (nSPS) is 13.3. The van der Waals surface area contributed by atoms with E-state index < -0.39 is 0 Å². The van der Waals surface area contributed by atoms with Crippen LogP contribution in [0.25, 0.3) is 11.4 Å². The van der Waals surface area contributed by atoms with Crippen molar-refractivity contribution in [1.82, 2.24) is 14.5 Å². The van der Waals surface area contributed by atoms with Gasteiger partial charge in [0.05, 0.1) is 19.2 Å². The average molecular weight is 217 g/mol. The first-order chi connectivity index (χ1) is 7.88. The highest BCUT2D eigenvalue weighted by Crippen LogP contribution is 2.32. The highest BCUT2D eigenvalue weighted by Gasteiger charge is 2.17. The lowest BCUT2D eigenvalue weighted by Crippen LogP contribution is -2.04. The second kappa shape index (κ2) is 3.52. The largest absolute Gasteiger partial charge is 0.491 e. The van der Waals surface area contributed by atoms with Crippen molar-refractivity contribution in [3.8, 4) is 23.0 Å². The van der Waals surface area contributed by atoms with Crippen LogP contribution in [-0.2, 0) is 6.54 Å². The summed E-state index contributed by atoms with van der Waals surface area (Å²) in [6, 6.07) is 1.79. The summed E-state index contributed by atoms with van der Waals surface area (Å²) in [5, 5.41) is 0. The van der Waals surface area contributed by atoms with Crippen molar-refractivity contribution in [2.75, 3.05) is 13.7 Å². The molecular weight excluding hydrogens is 206 g/mol. The Morgan fingerprint density at radius 1 is 1.44 bits per heavy atom. The van der Waals surface area contributed by atoms with E-state index in [2.05, 4.69) is 14.5 Å². The number of methoxy groups -OCH3 is 1. The van der Waals surface area contributed by atoms with Crippen LogP contribution in [0.3, 0.4) is 0 Å². The molecule has 82 valence electrons. The Morgan fingerprint density at radius 2 is 2.38 bits per heavy atom. The van der Waals surface area contributed by atoms with Crippen LogP contribution in [-0.4, -0.2) is 28.3 Å². The van der Waals surface area contributed by atoms with Gasteiger partial charge in [0, 0.05) is 24.7 Å². The zero-order chi connectivity index (χ0) is 11.0. The van der Waals surface area contributed by atoms with Crippen LogP contribution in [0, 0.1) is 0 Å². The molecule has 16 heavy (non-hydrogen) atoms. The van der Waals surface area contributed by atoms with Crippen molar-refractivity contribution in [3.05, 3.63) is 24.7 Å². The zero-order valence-corrected chi connectivity index (χ0v) is 8.88. The number of rotatable bonds is 1. The number of aromatic nitrogens is 3. The molecule has 0 unspecified atom stereocenters. The molecule has 0 saturated heterocycles. The molecular formula is C11H11N3O2. The monoisotopic (exact) mass is 217 g/mol. The molecule has 2 aromatic heterocycles. The molecule has 0 amide bonds. The lowest BCUT2D eigenvalue weighted by molar-refractivity contribution is 0.303. The summed E-state index contributed by atoms with van der Waals surface area (Å²) in [6.45, 7) is 1.43. The van der Waals surface area contributed by atoms with Crippen molar-refractivity contribution < 1.29 is 9.47 Å². The third-order valence-corrected chi connectivity index (χ3v) is 2.60. The predicted molar refractivity (Wildman–Crippen MR) is 57.5 cm³/mol. The Bertz CT molecular complexity index is 522. The highest BCUT2D eigenvalue weighted by molar-refractivity contribution is 5.64. The summed E-state index contributed by atoms with van der Waals surface area (Å²) in [7, 11) is 1.59. The van der Waals surface area contributed by atoms with E-state index in [1.807, 2.05) is 6.20 Å². The lowest BCUT2D eigenvalue weighted by atomic mass is 10.2. The third-order valence-electron chi connectivity index (χ3n) is 2.60. The first-order valence-electron chi connectivity index (χ1n) is 5.07. The molecule has 1 aliphatic heterocycles. The fraction of sp³-hybridized carbons (Fsp3) is 0.273. The number of fused-ring (bicyclic) bond motifs is 3. The Labute approximate surface area is 92.7 Å². The predicted octanol–water partition coefficient (Wildman–Crippen LogP) is 1.35. The molecule has 5 nitrogen and oxygen atoms in total. The molecule has 0 radical (unpaired) electrons. The van der Waals surface area contributed by atoms with Gasteiger partial charge in [0.25, 0.3) is 0 Å².